The summed E-state index contributed by atoms with van der Waals surface area (Å²) >= 11 is 1.89. The Bertz CT molecular complexity index is 2420. The molecule has 0 saturated carbocycles. The average Bonchev–Trinajstić information content (AvgIpc) is 3.38. The second kappa shape index (κ2) is 8.76. The van der Waals surface area contributed by atoms with Crippen molar-refractivity contribution in [3.8, 4) is 22.3 Å². The molecule has 0 aliphatic carbocycles. The van der Waals surface area contributed by atoms with Gasteiger partial charge in [-0.05, 0) is 95.7 Å². The SMILES string of the molecule is c1ccc2cc(-c3c4ccccc4c(-c4ccc5sc6cc7ccccc7cc6c5c4)c4ccccc34)ccc2c1. The quantitative estimate of drug-likeness (QED) is 0.193. The molecule has 1 heterocycles. The molecular weight excluding hydrogens is 513 g/mol. The number of benzene rings is 8. The summed E-state index contributed by atoms with van der Waals surface area (Å²) in [6, 6.07) is 53.8. The van der Waals surface area contributed by atoms with Crippen molar-refractivity contribution in [3.05, 3.63) is 146 Å². The molecule has 1 heteroatoms. The Hall–Kier alpha value is -4.98. The minimum absolute atomic E-state index is 1.26. The third-order valence-corrected chi connectivity index (χ3v) is 9.73. The number of rotatable bonds is 2. The van der Waals surface area contributed by atoms with Crippen LogP contribution in [0.15, 0.2) is 146 Å². The fraction of sp³-hybridized carbons (Fsp3) is 0. The lowest BCUT2D eigenvalue weighted by Gasteiger charge is -2.18. The van der Waals surface area contributed by atoms with E-state index in [0.717, 1.165) is 0 Å². The fourth-order valence-corrected chi connectivity index (χ4v) is 7.83. The topological polar surface area (TPSA) is 0 Å². The normalized spacial score (nSPS) is 11.9. The first-order valence-corrected chi connectivity index (χ1v) is 14.9. The van der Waals surface area contributed by atoms with Gasteiger partial charge >= 0.3 is 0 Å². The van der Waals surface area contributed by atoms with Gasteiger partial charge in [-0.25, -0.2) is 0 Å². The monoisotopic (exact) mass is 536 g/mol. The van der Waals surface area contributed by atoms with Gasteiger partial charge in [-0.2, -0.15) is 0 Å². The van der Waals surface area contributed by atoms with Crippen LogP contribution >= 0.6 is 11.3 Å². The summed E-state index contributed by atoms with van der Waals surface area (Å²) in [5.74, 6) is 0. The highest BCUT2D eigenvalue weighted by Crippen LogP contribution is 2.46. The molecule has 0 bridgehead atoms. The first-order valence-electron chi connectivity index (χ1n) is 14.1. The van der Waals surface area contributed by atoms with E-state index in [2.05, 4.69) is 146 Å². The summed E-state index contributed by atoms with van der Waals surface area (Å²) in [4.78, 5) is 0. The van der Waals surface area contributed by atoms with Gasteiger partial charge in [0.25, 0.3) is 0 Å². The van der Waals surface area contributed by atoms with Gasteiger partial charge in [-0.3, -0.25) is 0 Å². The second-order valence-corrected chi connectivity index (χ2v) is 12.0. The molecule has 190 valence electrons. The number of hydrogen-bond donors (Lipinski definition) is 0. The van der Waals surface area contributed by atoms with Gasteiger partial charge in [-0.15, -0.1) is 11.3 Å². The van der Waals surface area contributed by atoms with Crippen molar-refractivity contribution in [2.24, 2.45) is 0 Å². The van der Waals surface area contributed by atoms with Crippen molar-refractivity contribution < 1.29 is 0 Å². The highest BCUT2D eigenvalue weighted by molar-refractivity contribution is 7.25. The van der Waals surface area contributed by atoms with Crippen LogP contribution in [0.25, 0.3) is 85.5 Å². The van der Waals surface area contributed by atoms with Crippen LogP contribution in [-0.4, -0.2) is 0 Å². The molecule has 9 rings (SSSR count). The zero-order valence-electron chi connectivity index (χ0n) is 22.3. The van der Waals surface area contributed by atoms with Gasteiger partial charge < -0.3 is 0 Å². The van der Waals surface area contributed by atoms with E-state index in [-0.39, 0.29) is 0 Å². The van der Waals surface area contributed by atoms with Gasteiger partial charge in [0, 0.05) is 20.2 Å². The third kappa shape index (κ3) is 3.46. The van der Waals surface area contributed by atoms with Crippen molar-refractivity contribution in [1.29, 1.82) is 0 Å². The Morgan fingerprint density at radius 1 is 0.293 bits per heavy atom. The molecule has 9 aromatic rings. The smallest absolute Gasteiger partial charge is 0.0361 e. The van der Waals surface area contributed by atoms with Crippen molar-refractivity contribution in [1.82, 2.24) is 0 Å². The Morgan fingerprint density at radius 3 is 1.39 bits per heavy atom. The van der Waals surface area contributed by atoms with Crippen LogP contribution in [0.1, 0.15) is 0 Å². The van der Waals surface area contributed by atoms with Crippen LogP contribution < -0.4 is 0 Å². The lowest BCUT2D eigenvalue weighted by atomic mass is 9.85. The Morgan fingerprint density at radius 2 is 0.756 bits per heavy atom. The van der Waals surface area contributed by atoms with E-state index >= 15 is 0 Å². The zero-order valence-corrected chi connectivity index (χ0v) is 23.1. The summed E-state index contributed by atoms with van der Waals surface area (Å²) in [5, 5.41) is 13.0. The maximum absolute atomic E-state index is 2.42. The van der Waals surface area contributed by atoms with E-state index in [4.69, 9.17) is 0 Å². The molecule has 41 heavy (non-hydrogen) atoms. The highest BCUT2D eigenvalue weighted by atomic mass is 32.1. The maximum Gasteiger partial charge on any atom is 0.0361 e. The molecule has 0 atom stereocenters. The molecule has 0 amide bonds. The maximum atomic E-state index is 2.42. The molecule has 1 aromatic heterocycles. The van der Waals surface area contributed by atoms with E-state index in [1.165, 1.54) is 85.5 Å². The Balaban J connectivity index is 1.36. The Kier molecular flexibility index (Phi) is 4.87. The van der Waals surface area contributed by atoms with Crippen molar-refractivity contribution in [3.63, 3.8) is 0 Å². The van der Waals surface area contributed by atoms with Crippen LogP contribution in [0.3, 0.4) is 0 Å². The van der Waals surface area contributed by atoms with Crippen molar-refractivity contribution in [2.75, 3.05) is 0 Å². The molecule has 0 fully saturated rings. The van der Waals surface area contributed by atoms with Crippen LogP contribution in [0.2, 0.25) is 0 Å². The average molecular weight is 537 g/mol. The van der Waals surface area contributed by atoms with Crippen molar-refractivity contribution in [2.45, 2.75) is 0 Å². The minimum Gasteiger partial charge on any atom is -0.135 e. The first kappa shape index (κ1) is 22.8. The molecule has 0 spiro atoms. The summed E-state index contributed by atoms with van der Waals surface area (Å²) in [6.07, 6.45) is 0. The van der Waals surface area contributed by atoms with E-state index in [9.17, 15) is 0 Å². The largest absolute Gasteiger partial charge is 0.135 e. The molecule has 0 radical (unpaired) electrons. The molecule has 0 unspecified atom stereocenters. The predicted octanol–water partition coefficient (Wildman–Crippen LogP) is 12.0. The van der Waals surface area contributed by atoms with Crippen LogP contribution in [0.5, 0.6) is 0 Å². The third-order valence-electron chi connectivity index (χ3n) is 8.60. The van der Waals surface area contributed by atoms with Gasteiger partial charge in [-0.1, -0.05) is 115 Å². The molecule has 0 aliphatic heterocycles. The lowest BCUT2D eigenvalue weighted by Crippen LogP contribution is -1.91. The summed E-state index contributed by atoms with van der Waals surface area (Å²) in [6.45, 7) is 0. The number of thiophene rings is 1. The van der Waals surface area contributed by atoms with Gasteiger partial charge in [0.05, 0.1) is 0 Å². The van der Waals surface area contributed by atoms with E-state index in [0.29, 0.717) is 0 Å². The van der Waals surface area contributed by atoms with Crippen molar-refractivity contribution >= 4 is 74.6 Å². The fourth-order valence-electron chi connectivity index (χ4n) is 6.71. The molecule has 0 saturated heterocycles. The first-order chi connectivity index (χ1) is 20.3. The highest BCUT2D eigenvalue weighted by Gasteiger charge is 2.17. The molecule has 0 nitrogen and oxygen atoms in total. The van der Waals surface area contributed by atoms with E-state index in [1.807, 2.05) is 11.3 Å². The number of hydrogen-bond acceptors (Lipinski definition) is 1. The van der Waals surface area contributed by atoms with Crippen LogP contribution in [-0.2, 0) is 0 Å². The lowest BCUT2D eigenvalue weighted by molar-refractivity contribution is 1.69. The van der Waals surface area contributed by atoms with Crippen LogP contribution in [0, 0.1) is 0 Å². The van der Waals surface area contributed by atoms with E-state index in [1.54, 1.807) is 0 Å². The Labute approximate surface area is 241 Å². The molecule has 0 aliphatic rings. The summed E-state index contributed by atoms with van der Waals surface area (Å²) in [5.41, 5.74) is 5.14. The van der Waals surface area contributed by atoms with E-state index < -0.39 is 0 Å². The van der Waals surface area contributed by atoms with Gasteiger partial charge in [0.2, 0.25) is 0 Å². The summed E-state index contributed by atoms with van der Waals surface area (Å²) < 4.78 is 2.68. The molecule has 8 aromatic carbocycles. The molecule has 0 N–H and O–H groups in total. The molecular formula is C40H24S. The van der Waals surface area contributed by atoms with Gasteiger partial charge in [0.15, 0.2) is 0 Å². The summed E-state index contributed by atoms with van der Waals surface area (Å²) in [7, 11) is 0. The minimum atomic E-state index is 1.26. The zero-order chi connectivity index (χ0) is 26.9. The van der Waals surface area contributed by atoms with Crippen LogP contribution in [0.4, 0.5) is 0 Å². The standard InChI is InChI=1S/C40H24S/c1-2-10-26-21-29(18-17-25(26)9-1)39-31-13-5-7-15-33(31)40(34-16-8-6-14-32(34)39)30-19-20-37-35(23-30)36-22-27-11-3-4-12-28(27)24-38(36)41-37/h1-24H. The second-order valence-electron chi connectivity index (χ2n) is 10.9. The van der Waals surface area contributed by atoms with Gasteiger partial charge in [0.1, 0.15) is 0 Å². The number of fused-ring (bicyclic) bond motifs is 7. The predicted molar refractivity (Wildman–Crippen MR) is 180 cm³/mol.